The number of hydrogen-bond donors (Lipinski definition) is 1. The van der Waals surface area contributed by atoms with E-state index in [0.29, 0.717) is 0 Å². The van der Waals surface area contributed by atoms with Gasteiger partial charge >= 0.3 is 0 Å². The largest absolute Gasteiger partial charge is 0.369 e. The molecule has 2 rings (SSSR count). The summed E-state index contributed by atoms with van der Waals surface area (Å²) in [5.74, 6) is 1.15. The summed E-state index contributed by atoms with van der Waals surface area (Å²) in [6.45, 7) is 6.65. The number of benzene rings is 1. The van der Waals surface area contributed by atoms with Gasteiger partial charge in [0.15, 0.2) is 0 Å². The van der Waals surface area contributed by atoms with E-state index >= 15 is 0 Å². The third-order valence-corrected chi connectivity index (χ3v) is 3.52. The summed E-state index contributed by atoms with van der Waals surface area (Å²) in [6, 6.07) is 8.93. The van der Waals surface area contributed by atoms with E-state index in [2.05, 4.69) is 41.4 Å². The van der Waals surface area contributed by atoms with E-state index in [-0.39, 0.29) is 0 Å². The highest BCUT2D eigenvalue weighted by Gasteiger charge is 2.09. The van der Waals surface area contributed by atoms with Gasteiger partial charge < -0.3 is 10.2 Å². The van der Waals surface area contributed by atoms with Crippen molar-refractivity contribution in [3.05, 3.63) is 24.3 Å². The van der Waals surface area contributed by atoms with E-state index in [1.165, 1.54) is 10.6 Å². The van der Waals surface area contributed by atoms with Gasteiger partial charge in [0.2, 0.25) is 0 Å². The fraction of sp³-hybridized carbons (Fsp3) is 0.500. The molecule has 0 aliphatic carbocycles. The molecular weight excluding hydrogens is 204 g/mol. The average Bonchev–Trinajstić information content (AvgIpc) is 2.32. The summed E-state index contributed by atoms with van der Waals surface area (Å²) in [4.78, 5) is 3.81. The topological polar surface area (TPSA) is 15.3 Å². The minimum Gasteiger partial charge on any atom is -0.369 e. The van der Waals surface area contributed by atoms with Crippen molar-refractivity contribution in [2.24, 2.45) is 0 Å². The summed E-state index contributed by atoms with van der Waals surface area (Å²) in [5.41, 5.74) is 1.36. The Hall–Kier alpha value is -0.670. The number of nitrogens with one attached hydrogen (secondary N) is 1. The highest BCUT2D eigenvalue weighted by Crippen LogP contribution is 2.22. The van der Waals surface area contributed by atoms with E-state index in [4.69, 9.17) is 0 Å². The Morgan fingerprint density at radius 1 is 1.20 bits per heavy atom. The van der Waals surface area contributed by atoms with Crippen LogP contribution in [0.4, 0.5) is 5.69 Å². The maximum absolute atomic E-state index is 3.37. The SMILES string of the molecule is CCSc1ccc(N2CCNCC2)cc1. The lowest BCUT2D eigenvalue weighted by atomic mass is 10.2. The van der Waals surface area contributed by atoms with E-state index in [1.807, 2.05) is 11.8 Å². The van der Waals surface area contributed by atoms with Gasteiger partial charge in [0, 0.05) is 36.8 Å². The molecule has 0 spiro atoms. The second kappa shape index (κ2) is 5.42. The lowest BCUT2D eigenvalue weighted by molar-refractivity contribution is 0.589. The van der Waals surface area contributed by atoms with Gasteiger partial charge in [-0.2, -0.15) is 0 Å². The summed E-state index contributed by atoms with van der Waals surface area (Å²) in [7, 11) is 0. The molecule has 1 aromatic rings. The molecule has 1 saturated heterocycles. The maximum atomic E-state index is 3.37. The monoisotopic (exact) mass is 222 g/mol. The quantitative estimate of drug-likeness (QED) is 0.789. The van der Waals surface area contributed by atoms with Gasteiger partial charge in [0.25, 0.3) is 0 Å². The predicted octanol–water partition coefficient (Wildman–Crippen LogP) is 2.21. The van der Waals surface area contributed by atoms with E-state index in [0.717, 1.165) is 31.9 Å². The first-order valence-corrected chi connectivity index (χ1v) is 6.57. The molecule has 1 N–H and O–H groups in total. The third-order valence-electron chi connectivity index (χ3n) is 2.63. The molecule has 15 heavy (non-hydrogen) atoms. The zero-order chi connectivity index (χ0) is 10.5. The van der Waals surface area contributed by atoms with Gasteiger partial charge in [-0.3, -0.25) is 0 Å². The van der Waals surface area contributed by atoms with Gasteiger partial charge in [0.05, 0.1) is 0 Å². The highest BCUT2D eigenvalue weighted by atomic mass is 32.2. The van der Waals surface area contributed by atoms with Crippen LogP contribution in [0.2, 0.25) is 0 Å². The van der Waals surface area contributed by atoms with Crippen LogP contribution in [-0.2, 0) is 0 Å². The van der Waals surface area contributed by atoms with Gasteiger partial charge in [0.1, 0.15) is 0 Å². The molecule has 1 heterocycles. The fourth-order valence-corrected chi connectivity index (χ4v) is 2.50. The second-order valence-corrected chi connectivity index (χ2v) is 5.00. The van der Waals surface area contributed by atoms with Gasteiger partial charge in [-0.1, -0.05) is 6.92 Å². The first-order chi connectivity index (χ1) is 7.40. The number of anilines is 1. The lowest BCUT2D eigenvalue weighted by Gasteiger charge is -2.29. The van der Waals surface area contributed by atoms with E-state index < -0.39 is 0 Å². The molecule has 1 aliphatic heterocycles. The molecule has 0 aromatic heterocycles. The van der Waals surface area contributed by atoms with Gasteiger partial charge in [-0.15, -0.1) is 11.8 Å². The van der Waals surface area contributed by atoms with Crippen molar-refractivity contribution in [2.45, 2.75) is 11.8 Å². The van der Waals surface area contributed by atoms with Crippen LogP contribution in [0.15, 0.2) is 29.2 Å². The Kier molecular flexibility index (Phi) is 3.92. The van der Waals surface area contributed by atoms with Crippen molar-refractivity contribution in [1.29, 1.82) is 0 Å². The molecule has 1 fully saturated rings. The standard InChI is InChI=1S/C12H18N2S/c1-2-15-12-5-3-11(4-6-12)14-9-7-13-8-10-14/h3-6,13H,2,7-10H2,1H3. The summed E-state index contributed by atoms with van der Waals surface area (Å²) >= 11 is 1.90. The van der Waals surface area contributed by atoms with Crippen molar-refractivity contribution >= 4 is 17.4 Å². The molecule has 0 bridgehead atoms. The van der Waals surface area contributed by atoms with Gasteiger partial charge in [-0.25, -0.2) is 0 Å². The average molecular weight is 222 g/mol. The van der Waals surface area contributed by atoms with Gasteiger partial charge in [-0.05, 0) is 30.0 Å². The zero-order valence-electron chi connectivity index (χ0n) is 9.20. The number of piperazine rings is 1. The molecule has 82 valence electrons. The van der Waals surface area contributed by atoms with Crippen LogP contribution >= 0.6 is 11.8 Å². The van der Waals surface area contributed by atoms with Crippen LogP contribution < -0.4 is 10.2 Å². The zero-order valence-corrected chi connectivity index (χ0v) is 10.0. The first kappa shape index (κ1) is 10.8. The maximum Gasteiger partial charge on any atom is 0.0367 e. The normalized spacial score (nSPS) is 16.7. The number of thioether (sulfide) groups is 1. The Balaban J connectivity index is 2.02. The van der Waals surface area contributed by atoms with Crippen LogP contribution in [0.25, 0.3) is 0 Å². The van der Waals surface area contributed by atoms with Crippen LogP contribution in [-0.4, -0.2) is 31.9 Å². The van der Waals surface area contributed by atoms with Crippen molar-refractivity contribution in [3.63, 3.8) is 0 Å². The van der Waals surface area contributed by atoms with Crippen molar-refractivity contribution in [2.75, 3.05) is 36.8 Å². The summed E-state index contributed by atoms with van der Waals surface area (Å²) in [6.07, 6.45) is 0. The Bertz CT molecular complexity index is 291. The predicted molar refractivity (Wildman–Crippen MR) is 67.9 cm³/mol. The molecule has 0 amide bonds. The molecule has 0 unspecified atom stereocenters. The second-order valence-electron chi connectivity index (χ2n) is 3.66. The Morgan fingerprint density at radius 2 is 1.87 bits per heavy atom. The first-order valence-electron chi connectivity index (χ1n) is 5.58. The molecule has 1 aliphatic rings. The Labute approximate surface area is 96.0 Å². The molecule has 0 saturated carbocycles. The van der Waals surface area contributed by atoms with Crippen molar-refractivity contribution < 1.29 is 0 Å². The number of nitrogens with zero attached hydrogens (tertiary/aromatic N) is 1. The molecule has 0 radical (unpaired) electrons. The van der Waals surface area contributed by atoms with E-state index in [1.54, 1.807) is 0 Å². The summed E-state index contributed by atoms with van der Waals surface area (Å²) in [5, 5.41) is 3.37. The van der Waals surface area contributed by atoms with Crippen LogP contribution in [0, 0.1) is 0 Å². The summed E-state index contributed by atoms with van der Waals surface area (Å²) < 4.78 is 0. The number of rotatable bonds is 3. The lowest BCUT2D eigenvalue weighted by Crippen LogP contribution is -2.43. The molecule has 1 aromatic carbocycles. The van der Waals surface area contributed by atoms with Crippen molar-refractivity contribution in [1.82, 2.24) is 5.32 Å². The highest BCUT2D eigenvalue weighted by molar-refractivity contribution is 7.99. The molecule has 0 atom stereocenters. The molecule has 3 heteroatoms. The minimum absolute atomic E-state index is 1.10. The van der Waals surface area contributed by atoms with Crippen LogP contribution in [0.5, 0.6) is 0 Å². The third kappa shape index (κ3) is 2.89. The fourth-order valence-electron chi connectivity index (χ4n) is 1.84. The van der Waals surface area contributed by atoms with Crippen LogP contribution in [0.1, 0.15) is 6.92 Å². The van der Waals surface area contributed by atoms with E-state index in [9.17, 15) is 0 Å². The minimum atomic E-state index is 1.10. The van der Waals surface area contributed by atoms with Crippen LogP contribution in [0.3, 0.4) is 0 Å². The number of hydrogen-bond acceptors (Lipinski definition) is 3. The van der Waals surface area contributed by atoms with Crippen molar-refractivity contribution in [3.8, 4) is 0 Å². The Morgan fingerprint density at radius 3 is 2.47 bits per heavy atom. The molecular formula is C12H18N2S. The molecule has 2 nitrogen and oxygen atoms in total. The smallest absolute Gasteiger partial charge is 0.0367 e.